The molecule has 0 radical (unpaired) electrons. The fourth-order valence-electron chi connectivity index (χ4n) is 1.85. The minimum Gasteiger partial charge on any atom is -0.342 e. The second-order valence-electron chi connectivity index (χ2n) is 5.85. The number of hydrogen-bond donors (Lipinski definition) is 1. The molecule has 1 aromatic rings. The van der Waals surface area contributed by atoms with E-state index in [1.165, 1.54) is 12.1 Å². The maximum atomic E-state index is 12.2. The van der Waals surface area contributed by atoms with Crippen LogP contribution in [0.5, 0.6) is 0 Å². The first kappa shape index (κ1) is 18.6. The molecule has 1 aromatic carbocycles. The Bertz CT molecular complexity index is 580. The van der Waals surface area contributed by atoms with Gasteiger partial charge in [0.05, 0.1) is 4.90 Å². The van der Waals surface area contributed by atoms with Gasteiger partial charge in [0.25, 0.3) is 5.91 Å². The summed E-state index contributed by atoms with van der Waals surface area (Å²) in [7, 11) is -1.75. The number of benzene rings is 1. The van der Waals surface area contributed by atoms with E-state index < -0.39 is 10.0 Å². The zero-order valence-electron chi connectivity index (χ0n) is 13.8. The Kier molecular flexibility index (Phi) is 7.03. The van der Waals surface area contributed by atoms with Gasteiger partial charge in [-0.2, -0.15) is 0 Å². The van der Waals surface area contributed by atoms with Gasteiger partial charge >= 0.3 is 0 Å². The number of sulfonamides is 1. The Morgan fingerprint density at radius 3 is 2.32 bits per heavy atom. The lowest BCUT2D eigenvalue weighted by Gasteiger charge is -2.17. The molecule has 0 atom stereocenters. The van der Waals surface area contributed by atoms with Crippen LogP contribution in [0.15, 0.2) is 29.2 Å². The second kappa shape index (κ2) is 8.29. The van der Waals surface area contributed by atoms with E-state index in [1.54, 1.807) is 24.1 Å². The molecule has 0 saturated heterocycles. The monoisotopic (exact) mass is 326 g/mol. The van der Waals surface area contributed by atoms with Gasteiger partial charge in [0.2, 0.25) is 10.0 Å². The van der Waals surface area contributed by atoms with Crippen LogP contribution in [-0.4, -0.2) is 39.4 Å². The van der Waals surface area contributed by atoms with Crippen molar-refractivity contribution in [2.24, 2.45) is 5.92 Å². The first-order valence-electron chi connectivity index (χ1n) is 7.63. The molecule has 1 N–H and O–H groups in total. The van der Waals surface area contributed by atoms with Gasteiger partial charge in [-0.15, -0.1) is 0 Å². The third-order valence-electron chi connectivity index (χ3n) is 3.29. The van der Waals surface area contributed by atoms with Gasteiger partial charge in [0, 0.05) is 25.7 Å². The summed E-state index contributed by atoms with van der Waals surface area (Å²) in [5.74, 6) is 0.148. The molecule has 0 aliphatic carbocycles. The van der Waals surface area contributed by atoms with Gasteiger partial charge in [-0.1, -0.05) is 27.2 Å². The molecule has 0 aromatic heterocycles. The van der Waals surface area contributed by atoms with E-state index in [0.717, 1.165) is 12.8 Å². The number of nitrogens with one attached hydrogen (secondary N) is 1. The summed E-state index contributed by atoms with van der Waals surface area (Å²) in [6.45, 7) is 7.04. The van der Waals surface area contributed by atoms with Crippen molar-refractivity contribution in [2.75, 3.05) is 20.1 Å². The Labute approximate surface area is 133 Å². The van der Waals surface area contributed by atoms with Crippen LogP contribution < -0.4 is 4.72 Å². The quantitative estimate of drug-likeness (QED) is 0.798. The number of amides is 1. The number of carbonyl (C=O) groups is 1. The van der Waals surface area contributed by atoms with Crippen LogP contribution in [-0.2, 0) is 10.0 Å². The first-order chi connectivity index (χ1) is 10.3. The van der Waals surface area contributed by atoms with Crippen molar-refractivity contribution in [3.05, 3.63) is 29.8 Å². The SMILES string of the molecule is CCCCN(C)C(=O)c1ccc(S(=O)(=O)NCC(C)C)cc1. The van der Waals surface area contributed by atoms with Crippen molar-refractivity contribution < 1.29 is 13.2 Å². The third-order valence-corrected chi connectivity index (χ3v) is 4.73. The lowest BCUT2D eigenvalue weighted by molar-refractivity contribution is 0.0793. The van der Waals surface area contributed by atoms with Crippen LogP contribution in [0.25, 0.3) is 0 Å². The predicted molar refractivity (Wildman–Crippen MR) is 88.3 cm³/mol. The van der Waals surface area contributed by atoms with Crippen LogP contribution in [0.1, 0.15) is 44.0 Å². The summed E-state index contributed by atoms with van der Waals surface area (Å²) >= 11 is 0. The molecule has 124 valence electrons. The molecule has 0 fully saturated rings. The molecule has 0 unspecified atom stereocenters. The summed E-state index contributed by atoms with van der Waals surface area (Å²) < 4.78 is 26.7. The van der Waals surface area contributed by atoms with E-state index in [9.17, 15) is 13.2 Å². The van der Waals surface area contributed by atoms with Gasteiger partial charge in [-0.25, -0.2) is 13.1 Å². The van der Waals surface area contributed by atoms with Crippen molar-refractivity contribution >= 4 is 15.9 Å². The largest absolute Gasteiger partial charge is 0.342 e. The van der Waals surface area contributed by atoms with Crippen molar-refractivity contribution in [1.29, 1.82) is 0 Å². The molecular formula is C16H26N2O3S. The number of unbranched alkanes of at least 4 members (excludes halogenated alkanes) is 1. The Morgan fingerprint density at radius 2 is 1.82 bits per heavy atom. The smallest absolute Gasteiger partial charge is 0.253 e. The highest BCUT2D eigenvalue weighted by atomic mass is 32.2. The van der Waals surface area contributed by atoms with Gasteiger partial charge in [-0.05, 0) is 36.6 Å². The molecule has 0 aliphatic rings. The van der Waals surface area contributed by atoms with E-state index in [-0.39, 0.29) is 16.7 Å². The molecule has 0 saturated carbocycles. The van der Waals surface area contributed by atoms with Crippen LogP contribution in [0.4, 0.5) is 0 Å². The normalized spacial score (nSPS) is 11.7. The van der Waals surface area contributed by atoms with Gasteiger partial charge in [0.1, 0.15) is 0 Å². The third kappa shape index (κ3) is 5.42. The van der Waals surface area contributed by atoms with Crippen LogP contribution >= 0.6 is 0 Å². The molecule has 0 bridgehead atoms. The van der Waals surface area contributed by atoms with Crippen molar-refractivity contribution in [3.8, 4) is 0 Å². The number of rotatable bonds is 8. The molecule has 22 heavy (non-hydrogen) atoms. The summed E-state index contributed by atoms with van der Waals surface area (Å²) in [6.07, 6.45) is 1.98. The number of nitrogens with zero attached hydrogens (tertiary/aromatic N) is 1. The zero-order chi connectivity index (χ0) is 16.8. The molecular weight excluding hydrogens is 300 g/mol. The highest BCUT2D eigenvalue weighted by Gasteiger charge is 2.16. The fraction of sp³-hybridized carbons (Fsp3) is 0.562. The van der Waals surface area contributed by atoms with Gasteiger partial charge in [0.15, 0.2) is 0 Å². The van der Waals surface area contributed by atoms with Crippen molar-refractivity contribution in [1.82, 2.24) is 9.62 Å². The fourth-order valence-corrected chi connectivity index (χ4v) is 3.07. The highest BCUT2D eigenvalue weighted by molar-refractivity contribution is 7.89. The average Bonchev–Trinajstić information content (AvgIpc) is 2.50. The van der Waals surface area contributed by atoms with Crippen LogP contribution in [0, 0.1) is 5.92 Å². The lowest BCUT2D eigenvalue weighted by Crippen LogP contribution is -2.28. The van der Waals surface area contributed by atoms with Crippen LogP contribution in [0.3, 0.4) is 0 Å². The van der Waals surface area contributed by atoms with E-state index in [1.807, 2.05) is 13.8 Å². The summed E-state index contributed by atoms with van der Waals surface area (Å²) in [4.78, 5) is 14.0. The lowest BCUT2D eigenvalue weighted by atomic mass is 10.2. The highest BCUT2D eigenvalue weighted by Crippen LogP contribution is 2.12. The standard InChI is InChI=1S/C16H26N2O3S/c1-5-6-11-18(4)16(19)14-7-9-15(10-8-14)22(20,21)17-12-13(2)3/h7-10,13,17H,5-6,11-12H2,1-4H3. The van der Waals surface area contributed by atoms with Crippen molar-refractivity contribution in [3.63, 3.8) is 0 Å². The maximum Gasteiger partial charge on any atom is 0.253 e. The Balaban J connectivity index is 2.80. The molecule has 0 aliphatic heterocycles. The van der Waals surface area contributed by atoms with E-state index >= 15 is 0 Å². The Hall–Kier alpha value is -1.40. The second-order valence-corrected chi connectivity index (χ2v) is 7.62. The average molecular weight is 326 g/mol. The molecule has 1 rings (SSSR count). The van der Waals surface area contributed by atoms with Crippen LogP contribution in [0.2, 0.25) is 0 Å². The summed E-state index contributed by atoms with van der Waals surface area (Å²) in [6, 6.07) is 6.08. The van der Waals surface area contributed by atoms with E-state index in [2.05, 4.69) is 11.6 Å². The zero-order valence-corrected chi connectivity index (χ0v) is 14.6. The van der Waals surface area contributed by atoms with E-state index in [0.29, 0.717) is 18.7 Å². The molecule has 0 heterocycles. The van der Waals surface area contributed by atoms with Gasteiger partial charge in [-0.3, -0.25) is 4.79 Å². The minimum atomic E-state index is -3.51. The topological polar surface area (TPSA) is 66.5 Å². The molecule has 0 spiro atoms. The minimum absolute atomic E-state index is 0.0902. The van der Waals surface area contributed by atoms with E-state index in [4.69, 9.17) is 0 Å². The molecule has 5 nitrogen and oxygen atoms in total. The molecule has 6 heteroatoms. The summed E-state index contributed by atoms with van der Waals surface area (Å²) in [5, 5.41) is 0. The molecule has 1 amide bonds. The Morgan fingerprint density at radius 1 is 1.23 bits per heavy atom. The van der Waals surface area contributed by atoms with Crippen molar-refractivity contribution in [2.45, 2.75) is 38.5 Å². The number of carbonyl (C=O) groups excluding carboxylic acids is 1. The van der Waals surface area contributed by atoms with Gasteiger partial charge < -0.3 is 4.90 Å². The first-order valence-corrected chi connectivity index (χ1v) is 9.11. The predicted octanol–water partition coefficient (Wildman–Crippen LogP) is 2.49. The summed E-state index contributed by atoms with van der Waals surface area (Å²) in [5.41, 5.74) is 0.501. The number of hydrogen-bond acceptors (Lipinski definition) is 3. The maximum absolute atomic E-state index is 12.2.